The first kappa shape index (κ1) is 20.3. The van der Waals surface area contributed by atoms with Gasteiger partial charge in [0.15, 0.2) is 11.4 Å². The molecule has 1 aromatic carbocycles. The third-order valence-electron chi connectivity index (χ3n) is 5.67. The van der Waals surface area contributed by atoms with Gasteiger partial charge in [-0.25, -0.2) is 4.98 Å². The maximum Gasteiger partial charge on any atom is 0.229 e. The molecule has 0 atom stereocenters. The van der Waals surface area contributed by atoms with Crippen LogP contribution < -0.4 is 16.0 Å². The zero-order valence-corrected chi connectivity index (χ0v) is 17.4. The highest BCUT2D eigenvalue weighted by Crippen LogP contribution is 2.30. The highest BCUT2D eigenvalue weighted by atomic mass is 16.3. The number of carbonyl (C=O) groups is 1. The highest BCUT2D eigenvalue weighted by Gasteiger charge is 2.23. The van der Waals surface area contributed by atoms with Crippen LogP contribution in [0.5, 0.6) is 0 Å². The first-order valence-electron chi connectivity index (χ1n) is 10.7. The van der Waals surface area contributed by atoms with E-state index in [-0.39, 0.29) is 5.78 Å². The predicted octanol–water partition coefficient (Wildman–Crippen LogP) is 4.05. The van der Waals surface area contributed by atoms with Crippen molar-refractivity contribution < 1.29 is 9.21 Å². The molecule has 2 aromatic heterocycles. The van der Waals surface area contributed by atoms with Crippen LogP contribution in [0.1, 0.15) is 38.2 Å². The minimum atomic E-state index is 0.273. The molecule has 1 fully saturated rings. The summed E-state index contributed by atoms with van der Waals surface area (Å²) in [6.45, 7) is 4.58. The van der Waals surface area contributed by atoms with E-state index in [9.17, 15) is 4.79 Å². The van der Waals surface area contributed by atoms with Crippen molar-refractivity contribution in [1.82, 2.24) is 9.97 Å². The van der Waals surface area contributed by atoms with Crippen LogP contribution in [0.4, 0.5) is 17.5 Å². The van der Waals surface area contributed by atoms with E-state index in [4.69, 9.17) is 15.1 Å². The number of furan rings is 1. The Hall–Kier alpha value is -2.93. The molecule has 1 aliphatic rings. The maximum atomic E-state index is 11.9. The van der Waals surface area contributed by atoms with Crippen molar-refractivity contribution in [2.45, 2.75) is 39.0 Å². The molecule has 1 saturated heterocycles. The molecule has 158 valence electrons. The lowest BCUT2D eigenvalue weighted by atomic mass is 9.97. The average molecular weight is 408 g/mol. The largest absolute Gasteiger partial charge is 0.459 e. The summed E-state index contributed by atoms with van der Waals surface area (Å²) in [5.74, 6) is 2.21. The number of piperidine rings is 1. The fraction of sp³-hybridized carbons (Fsp3) is 0.435. The fourth-order valence-corrected chi connectivity index (χ4v) is 3.93. The number of fused-ring (bicyclic) bond motifs is 1. The summed E-state index contributed by atoms with van der Waals surface area (Å²) in [5, 5.41) is 3.30. The molecular formula is C23H29N5O2. The number of Topliss-reactive ketones (excluding diaryl/α,β-unsaturated/α-hetero) is 1. The lowest BCUT2D eigenvalue weighted by molar-refractivity contribution is -0.118. The van der Waals surface area contributed by atoms with Crippen LogP contribution in [0, 0.1) is 5.92 Å². The van der Waals surface area contributed by atoms with E-state index in [1.807, 2.05) is 37.3 Å². The third kappa shape index (κ3) is 4.62. The van der Waals surface area contributed by atoms with Crippen molar-refractivity contribution in [3.8, 4) is 0 Å². The highest BCUT2D eigenvalue weighted by molar-refractivity contribution is 5.86. The van der Waals surface area contributed by atoms with E-state index in [1.54, 1.807) is 6.26 Å². The molecule has 7 nitrogen and oxygen atoms in total. The summed E-state index contributed by atoms with van der Waals surface area (Å²) in [5.41, 5.74) is 9.24. The topological polar surface area (TPSA) is 97.3 Å². The van der Waals surface area contributed by atoms with Crippen LogP contribution in [0.15, 0.2) is 41.0 Å². The second-order valence-corrected chi connectivity index (χ2v) is 7.96. The number of nitrogens with one attached hydrogen (secondary N) is 1. The molecule has 0 spiro atoms. The number of carbonyl (C=O) groups excluding carboxylic acids is 1. The Balaban J connectivity index is 1.51. The summed E-state index contributed by atoms with van der Waals surface area (Å²) < 4.78 is 5.68. The summed E-state index contributed by atoms with van der Waals surface area (Å²) in [7, 11) is 0. The van der Waals surface area contributed by atoms with E-state index in [0.29, 0.717) is 24.7 Å². The van der Waals surface area contributed by atoms with Crippen LogP contribution in [-0.2, 0) is 11.2 Å². The second kappa shape index (κ2) is 9.26. The van der Waals surface area contributed by atoms with Crippen molar-refractivity contribution in [2.75, 3.05) is 29.9 Å². The standard InChI is InChI=1S/C23H29N5O2/c1-2-3-19(29)14-16-4-6-18(7-5-16)25-23-26-20-10-13-30-21(20)22(27-23)28-11-8-17(15-24)9-12-28/h4-7,10,13,17H,2-3,8-9,11-12,14-15,24H2,1H3,(H,25,26,27). The molecule has 4 rings (SSSR count). The number of hydrogen-bond acceptors (Lipinski definition) is 7. The molecule has 0 radical (unpaired) electrons. The first-order chi connectivity index (χ1) is 14.7. The molecular weight excluding hydrogens is 378 g/mol. The Morgan fingerprint density at radius 3 is 2.67 bits per heavy atom. The van der Waals surface area contributed by atoms with Gasteiger partial charge in [-0.1, -0.05) is 19.1 Å². The molecule has 3 N–H and O–H groups in total. The SMILES string of the molecule is CCCC(=O)Cc1ccc(Nc2nc(N3CCC(CN)CC3)c3occc3n2)cc1. The van der Waals surface area contributed by atoms with Gasteiger partial charge in [0.05, 0.1) is 6.26 Å². The summed E-state index contributed by atoms with van der Waals surface area (Å²) >= 11 is 0. The number of rotatable bonds is 8. The van der Waals surface area contributed by atoms with Crippen LogP contribution in [0.25, 0.3) is 11.1 Å². The quantitative estimate of drug-likeness (QED) is 0.581. The monoisotopic (exact) mass is 407 g/mol. The smallest absolute Gasteiger partial charge is 0.229 e. The lowest BCUT2D eigenvalue weighted by Crippen LogP contribution is -2.36. The molecule has 1 aliphatic heterocycles. The van der Waals surface area contributed by atoms with E-state index in [2.05, 4.69) is 15.2 Å². The molecule has 30 heavy (non-hydrogen) atoms. The average Bonchev–Trinajstić information content (AvgIpc) is 3.23. The Bertz CT molecular complexity index is 991. The molecule has 7 heteroatoms. The van der Waals surface area contributed by atoms with Gasteiger partial charge >= 0.3 is 0 Å². The number of benzene rings is 1. The van der Waals surface area contributed by atoms with Crippen LogP contribution in [0.2, 0.25) is 0 Å². The minimum Gasteiger partial charge on any atom is -0.459 e. The Labute approximate surface area is 176 Å². The maximum absolute atomic E-state index is 11.9. The van der Waals surface area contributed by atoms with E-state index in [0.717, 1.165) is 67.1 Å². The van der Waals surface area contributed by atoms with Crippen molar-refractivity contribution in [3.05, 3.63) is 42.2 Å². The molecule has 0 saturated carbocycles. The number of nitrogens with zero attached hydrogens (tertiary/aromatic N) is 3. The number of hydrogen-bond donors (Lipinski definition) is 2. The second-order valence-electron chi connectivity index (χ2n) is 7.96. The van der Waals surface area contributed by atoms with Gasteiger partial charge in [0.1, 0.15) is 11.3 Å². The van der Waals surface area contributed by atoms with Gasteiger partial charge in [-0.2, -0.15) is 4.98 Å². The van der Waals surface area contributed by atoms with Crippen LogP contribution >= 0.6 is 0 Å². The normalized spacial score (nSPS) is 14.9. The summed E-state index contributed by atoms with van der Waals surface area (Å²) in [6.07, 6.45) is 5.77. The Kier molecular flexibility index (Phi) is 6.28. The summed E-state index contributed by atoms with van der Waals surface area (Å²) in [4.78, 5) is 23.5. The zero-order valence-electron chi connectivity index (χ0n) is 17.4. The predicted molar refractivity (Wildman–Crippen MR) is 119 cm³/mol. The zero-order chi connectivity index (χ0) is 20.9. The van der Waals surface area contributed by atoms with Crippen LogP contribution in [-0.4, -0.2) is 35.4 Å². The van der Waals surface area contributed by atoms with E-state index in [1.165, 1.54) is 0 Å². The Morgan fingerprint density at radius 1 is 1.20 bits per heavy atom. The Morgan fingerprint density at radius 2 is 1.97 bits per heavy atom. The number of ketones is 1. The fourth-order valence-electron chi connectivity index (χ4n) is 3.93. The minimum absolute atomic E-state index is 0.273. The molecule has 0 bridgehead atoms. The van der Waals surface area contributed by atoms with Gasteiger partial charge in [-0.05, 0) is 49.4 Å². The van der Waals surface area contributed by atoms with E-state index >= 15 is 0 Å². The van der Waals surface area contributed by atoms with Crippen molar-refractivity contribution in [2.24, 2.45) is 11.7 Å². The number of nitrogens with two attached hydrogens (primary N) is 1. The lowest BCUT2D eigenvalue weighted by Gasteiger charge is -2.32. The number of aromatic nitrogens is 2. The van der Waals surface area contributed by atoms with Gasteiger partial charge < -0.3 is 20.4 Å². The van der Waals surface area contributed by atoms with Crippen molar-refractivity contribution in [1.29, 1.82) is 0 Å². The first-order valence-corrected chi connectivity index (χ1v) is 10.7. The molecule has 3 heterocycles. The van der Waals surface area contributed by atoms with Crippen molar-refractivity contribution >= 4 is 34.3 Å². The molecule has 3 aromatic rings. The molecule has 0 unspecified atom stereocenters. The van der Waals surface area contributed by atoms with Crippen molar-refractivity contribution in [3.63, 3.8) is 0 Å². The summed E-state index contributed by atoms with van der Waals surface area (Å²) in [6, 6.07) is 9.74. The van der Waals surface area contributed by atoms with E-state index < -0.39 is 0 Å². The van der Waals surface area contributed by atoms with Gasteiger partial charge in [-0.3, -0.25) is 4.79 Å². The van der Waals surface area contributed by atoms with Gasteiger partial charge in [-0.15, -0.1) is 0 Å². The molecule has 0 amide bonds. The van der Waals surface area contributed by atoms with Gasteiger partial charge in [0, 0.05) is 37.7 Å². The van der Waals surface area contributed by atoms with Gasteiger partial charge in [0.25, 0.3) is 0 Å². The molecule has 0 aliphatic carbocycles. The number of anilines is 3. The third-order valence-corrected chi connectivity index (χ3v) is 5.67. The van der Waals surface area contributed by atoms with Crippen LogP contribution in [0.3, 0.4) is 0 Å². The van der Waals surface area contributed by atoms with Gasteiger partial charge in [0.2, 0.25) is 5.95 Å².